The third kappa shape index (κ3) is 2.60. The fourth-order valence-corrected chi connectivity index (χ4v) is 1.75. The fraction of sp³-hybridized carbons (Fsp3) is 0.875. The third-order valence-electron chi connectivity index (χ3n) is 2.39. The predicted octanol–water partition coefficient (Wildman–Crippen LogP) is 2.96. The van der Waals surface area contributed by atoms with Gasteiger partial charge in [-0.15, -0.1) is 0 Å². The van der Waals surface area contributed by atoms with Crippen molar-refractivity contribution in [3.05, 3.63) is 0 Å². The van der Waals surface area contributed by atoms with Crippen molar-refractivity contribution in [1.29, 1.82) is 0 Å². The molecule has 0 bridgehead atoms. The van der Waals surface area contributed by atoms with Gasteiger partial charge in [-0.2, -0.15) is 13.2 Å². The van der Waals surface area contributed by atoms with E-state index in [4.69, 9.17) is 5.21 Å². The van der Waals surface area contributed by atoms with Crippen molar-refractivity contribution in [2.24, 2.45) is 11.1 Å². The molecule has 2 nitrogen and oxygen atoms in total. The van der Waals surface area contributed by atoms with Crippen LogP contribution in [0.2, 0.25) is 0 Å². The Labute approximate surface area is 74.4 Å². The lowest BCUT2D eigenvalue weighted by Crippen LogP contribution is -2.32. The van der Waals surface area contributed by atoms with Gasteiger partial charge in [-0.1, -0.05) is 24.4 Å². The summed E-state index contributed by atoms with van der Waals surface area (Å²) >= 11 is 0. The van der Waals surface area contributed by atoms with Crippen molar-refractivity contribution >= 4 is 5.71 Å². The number of nitrogens with zero attached hydrogens (tertiary/aromatic N) is 1. The SMILES string of the molecule is O/N=C(/C1CCCCC1)C(F)(F)F. The maximum absolute atomic E-state index is 12.2. The summed E-state index contributed by atoms with van der Waals surface area (Å²) in [6.07, 6.45) is -0.943. The Balaban J connectivity index is 2.66. The van der Waals surface area contributed by atoms with Crippen LogP contribution in [0.15, 0.2) is 5.16 Å². The van der Waals surface area contributed by atoms with Gasteiger partial charge in [-0.05, 0) is 12.8 Å². The maximum atomic E-state index is 12.2. The molecule has 0 aliphatic heterocycles. The Morgan fingerprint density at radius 3 is 2.08 bits per heavy atom. The van der Waals surface area contributed by atoms with E-state index < -0.39 is 17.8 Å². The Morgan fingerprint density at radius 1 is 1.15 bits per heavy atom. The van der Waals surface area contributed by atoms with Crippen molar-refractivity contribution in [2.45, 2.75) is 38.3 Å². The minimum absolute atomic E-state index is 0.485. The van der Waals surface area contributed by atoms with Crippen molar-refractivity contribution in [1.82, 2.24) is 0 Å². The average Bonchev–Trinajstić information content (AvgIpc) is 2.05. The highest BCUT2D eigenvalue weighted by Gasteiger charge is 2.41. The largest absolute Gasteiger partial charge is 0.432 e. The molecule has 1 fully saturated rings. The molecule has 0 heterocycles. The number of hydrogen-bond acceptors (Lipinski definition) is 2. The Hall–Kier alpha value is -0.740. The van der Waals surface area contributed by atoms with Crippen molar-refractivity contribution in [3.63, 3.8) is 0 Å². The average molecular weight is 195 g/mol. The van der Waals surface area contributed by atoms with Crippen LogP contribution in [0, 0.1) is 5.92 Å². The highest BCUT2D eigenvalue weighted by atomic mass is 19.4. The first kappa shape index (κ1) is 10.3. The zero-order chi connectivity index (χ0) is 9.90. The molecule has 0 aromatic rings. The summed E-state index contributed by atoms with van der Waals surface area (Å²) < 4.78 is 36.6. The van der Waals surface area contributed by atoms with E-state index in [0.717, 1.165) is 19.3 Å². The quantitative estimate of drug-likeness (QED) is 0.389. The van der Waals surface area contributed by atoms with Crippen LogP contribution in [-0.2, 0) is 0 Å². The first-order valence-corrected chi connectivity index (χ1v) is 4.35. The molecule has 76 valence electrons. The van der Waals surface area contributed by atoms with Crippen LogP contribution in [0.4, 0.5) is 13.2 Å². The Morgan fingerprint density at radius 2 is 1.69 bits per heavy atom. The summed E-state index contributed by atoms with van der Waals surface area (Å²) in [7, 11) is 0. The first-order chi connectivity index (χ1) is 6.05. The lowest BCUT2D eigenvalue weighted by molar-refractivity contribution is -0.0660. The van der Waals surface area contributed by atoms with Gasteiger partial charge in [0.25, 0.3) is 0 Å². The molecule has 0 amide bonds. The second-order valence-electron chi connectivity index (χ2n) is 3.32. The Kier molecular flexibility index (Phi) is 3.17. The van der Waals surface area contributed by atoms with E-state index in [1.807, 2.05) is 0 Å². The van der Waals surface area contributed by atoms with Gasteiger partial charge in [0.05, 0.1) is 0 Å². The molecule has 13 heavy (non-hydrogen) atoms. The molecule has 1 saturated carbocycles. The predicted molar refractivity (Wildman–Crippen MR) is 41.9 cm³/mol. The van der Waals surface area contributed by atoms with Gasteiger partial charge < -0.3 is 5.21 Å². The summed E-state index contributed by atoms with van der Waals surface area (Å²) in [6, 6.07) is 0. The first-order valence-electron chi connectivity index (χ1n) is 4.35. The van der Waals surface area contributed by atoms with E-state index >= 15 is 0 Å². The van der Waals surface area contributed by atoms with Crippen molar-refractivity contribution in [3.8, 4) is 0 Å². The van der Waals surface area contributed by atoms with Crippen molar-refractivity contribution < 1.29 is 18.4 Å². The van der Waals surface area contributed by atoms with E-state index in [1.165, 1.54) is 0 Å². The molecular formula is C8H12F3NO. The van der Waals surface area contributed by atoms with Crippen LogP contribution in [0.5, 0.6) is 0 Å². The van der Waals surface area contributed by atoms with Gasteiger partial charge in [0.1, 0.15) is 0 Å². The van der Waals surface area contributed by atoms with Crippen LogP contribution in [0.1, 0.15) is 32.1 Å². The maximum Gasteiger partial charge on any atom is 0.432 e. The molecule has 0 spiro atoms. The number of oxime groups is 1. The number of hydrogen-bond donors (Lipinski definition) is 1. The van der Waals surface area contributed by atoms with Gasteiger partial charge >= 0.3 is 6.18 Å². The summed E-state index contributed by atoms with van der Waals surface area (Å²) in [5, 5.41) is 10.7. The third-order valence-corrected chi connectivity index (χ3v) is 2.39. The van der Waals surface area contributed by atoms with E-state index in [9.17, 15) is 13.2 Å². The smallest absolute Gasteiger partial charge is 0.411 e. The van der Waals surface area contributed by atoms with Gasteiger partial charge in [-0.3, -0.25) is 0 Å². The second-order valence-corrected chi connectivity index (χ2v) is 3.32. The molecule has 0 radical (unpaired) electrons. The highest BCUT2D eigenvalue weighted by molar-refractivity contribution is 5.91. The number of halogens is 3. The molecule has 5 heteroatoms. The van der Waals surface area contributed by atoms with Crippen LogP contribution < -0.4 is 0 Å². The molecule has 0 aromatic heterocycles. The minimum Gasteiger partial charge on any atom is -0.411 e. The van der Waals surface area contributed by atoms with Crippen LogP contribution in [0.25, 0.3) is 0 Å². The zero-order valence-electron chi connectivity index (χ0n) is 7.14. The van der Waals surface area contributed by atoms with Gasteiger partial charge in [0.2, 0.25) is 0 Å². The second kappa shape index (κ2) is 3.98. The fourth-order valence-electron chi connectivity index (χ4n) is 1.75. The van der Waals surface area contributed by atoms with E-state index in [1.54, 1.807) is 0 Å². The minimum atomic E-state index is -4.48. The molecule has 0 unspecified atom stereocenters. The standard InChI is InChI=1S/C8H12F3NO/c9-8(10,11)7(12-13)6-4-2-1-3-5-6/h6,13H,1-5H2/b12-7-. The molecule has 1 rings (SSSR count). The summed E-state index contributed by atoms with van der Waals surface area (Å²) in [5.41, 5.74) is -1.01. The highest BCUT2D eigenvalue weighted by Crippen LogP contribution is 2.31. The van der Waals surface area contributed by atoms with Crippen LogP contribution >= 0.6 is 0 Å². The molecule has 1 aliphatic rings. The lowest BCUT2D eigenvalue weighted by Gasteiger charge is -2.23. The van der Waals surface area contributed by atoms with E-state index in [0.29, 0.717) is 12.8 Å². The Bertz CT molecular complexity index is 194. The number of alkyl halides is 3. The molecule has 0 aromatic carbocycles. The molecule has 1 N–H and O–H groups in total. The normalized spacial score (nSPS) is 21.9. The monoisotopic (exact) mass is 195 g/mol. The van der Waals surface area contributed by atoms with E-state index in [-0.39, 0.29) is 0 Å². The molecule has 1 aliphatic carbocycles. The molecule has 0 saturated heterocycles. The molecule has 0 atom stereocenters. The van der Waals surface area contributed by atoms with Gasteiger partial charge in [0, 0.05) is 5.92 Å². The molecular weight excluding hydrogens is 183 g/mol. The van der Waals surface area contributed by atoms with E-state index in [2.05, 4.69) is 5.16 Å². The van der Waals surface area contributed by atoms with Gasteiger partial charge in [-0.25, -0.2) is 0 Å². The summed E-state index contributed by atoms with van der Waals surface area (Å²) in [4.78, 5) is 0. The summed E-state index contributed by atoms with van der Waals surface area (Å²) in [5.74, 6) is -0.598. The van der Waals surface area contributed by atoms with Crippen LogP contribution in [-0.4, -0.2) is 17.1 Å². The number of rotatable bonds is 1. The topological polar surface area (TPSA) is 32.6 Å². The van der Waals surface area contributed by atoms with Crippen molar-refractivity contribution in [2.75, 3.05) is 0 Å². The zero-order valence-corrected chi connectivity index (χ0v) is 7.14. The van der Waals surface area contributed by atoms with Crippen LogP contribution in [0.3, 0.4) is 0 Å². The lowest BCUT2D eigenvalue weighted by atomic mass is 9.85. The van der Waals surface area contributed by atoms with Gasteiger partial charge in [0.15, 0.2) is 5.71 Å². The summed E-state index contributed by atoms with van der Waals surface area (Å²) in [6.45, 7) is 0.